The van der Waals surface area contributed by atoms with E-state index in [1.54, 1.807) is 0 Å². The zero-order valence-corrected chi connectivity index (χ0v) is 11.3. The van der Waals surface area contributed by atoms with Gasteiger partial charge in [0.15, 0.2) is 0 Å². The average molecular weight is 264 g/mol. The van der Waals surface area contributed by atoms with Crippen molar-refractivity contribution in [3.05, 3.63) is 35.6 Å². The molecule has 1 saturated carbocycles. The molecule has 0 aliphatic heterocycles. The van der Waals surface area contributed by atoms with Crippen LogP contribution in [-0.4, -0.2) is 19.0 Å². The van der Waals surface area contributed by atoms with Gasteiger partial charge in [0.1, 0.15) is 5.82 Å². The van der Waals surface area contributed by atoms with E-state index < -0.39 is 0 Å². The highest BCUT2D eigenvalue weighted by Gasteiger charge is 2.38. The first kappa shape index (κ1) is 14.0. The fraction of sp³-hybridized carbons (Fsp3) is 0.533. The van der Waals surface area contributed by atoms with Crippen LogP contribution in [0.15, 0.2) is 24.3 Å². The minimum absolute atomic E-state index is 0.00381. The van der Waals surface area contributed by atoms with Crippen LogP contribution in [0.5, 0.6) is 0 Å². The van der Waals surface area contributed by atoms with E-state index in [-0.39, 0.29) is 23.1 Å². The molecule has 4 heteroatoms. The molecule has 0 saturated heterocycles. The smallest absolute Gasteiger partial charge is 0.224 e. The number of benzene rings is 1. The molecule has 0 spiro atoms. The zero-order chi connectivity index (χ0) is 13.9. The molecule has 1 amide bonds. The first-order chi connectivity index (χ1) is 9.07. The van der Waals surface area contributed by atoms with E-state index in [0.717, 1.165) is 24.8 Å². The van der Waals surface area contributed by atoms with Crippen molar-refractivity contribution in [1.82, 2.24) is 5.32 Å². The Morgan fingerprint density at radius 2 is 2.05 bits per heavy atom. The summed E-state index contributed by atoms with van der Waals surface area (Å²) < 4.78 is 13.0. The average Bonchev–Trinajstić information content (AvgIpc) is 2.38. The summed E-state index contributed by atoms with van der Waals surface area (Å²) in [4.78, 5) is 11.8. The van der Waals surface area contributed by atoms with Gasteiger partial charge in [-0.2, -0.15) is 0 Å². The molecule has 0 aromatic heterocycles. The van der Waals surface area contributed by atoms with Crippen LogP contribution >= 0.6 is 0 Å². The Kier molecular flexibility index (Phi) is 4.20. The Hall–Kier alpha value is -1.42. The van der Waals surface area contributed by atoms with Gasteiger partial charge in [0, 0.05) is 24.4 Å². The normalized spacial score (nSPS) is 18.5. The number of hydrogen-bond donors (Lipinski definition) is 2. The Morgan fingerprint density at radius 3 is 2.53 bits per heavy atom. The van der Waals surface area contributed by atoms with Crippen molar-refractivity contribution >= 4 is 5.91 Å². The minimum Gasteiger partial charge on any atom is -0.355 e. The lowest BCUT2D eigenvalue weighted by molar-refractivity contribution is -0.124. The van der Waals surface area contributed by atoms with Crippen LogP contribution in [0.4, 0.5) is 4.39 Å². The van der Waals surface area contributed by atoms with Crippen LogP contribution in [-0.2, 0) is 10.2 Å². The molecule has 2 rings (SSSR count). The molecule has 1 aliphatic rings. The van der Waals surface area contributed by atoms with Gasteiger partial charge in [-0.1, -0.05) is 25.5 Å². The summed E-state index contributed by atoms with van der Waals surface area (Å²) in [7, 11) is 0. The standard InChI is InChI=1S/C15H21FN2O/c1-11(9-17)14(19)18-10-15(7-2-8-15)12-3-5-13(16)6-4-12/h3-6,11H,2,7-10,17H2,1H3,(H,18,19). The van der Waals surface area contributed by atoms with Crippen LogP contribution in [0.3, 0.4) is 0 Å². The molecule has 19 heavy (non-hydrogen) atoms. The second-order valence-corrected chi connectivity index (χ2v) is 5.50. The molecular weight excluding hydrogens is 243 g/mol. The van der Waals surface area contributed by atoms with Gasteiger partial charge in [0.2, 0.25) is 5.91 Å². The predicted octanol–water partition coefficient (Wildman–Crippen LogP) is 1.96. The monoisotopic (exact) mass is 264 g/mol. The van der Waals surface area contributed by atoms with E-state index in [0.29, 0.717) is 13.1 Å². The second kappa shape index (κ2) is 5.70. The summed E-state index contributed by atoms with van der Waals surface area (Å²) in [5, 5.41) is 2.98. The van der Waals surface area contributed by atoms with Crippen LogP contribution < -0.4 is 11.1 Å². The molecule has 0 radical (unpaired) electrons. The fourth-order valence-electron chi connectivity index (χ4n) is 2.51. The van der Waals surface area contributed by atoms with Crippen LogP contribution in [0.2, 0.25) is 0 Å². The van der Waals surface area contributed by atoms with Crippen LogP contribution in [0.25, 0.3) is 0 Å². The quantitative estimate of drug-likeness (QED) is 0.854. The summed E-state index contributed by atoms with van der Waals surface area (Å²) in [6.45, 7) is 2.79. The largest absolute Gasteiger partial charge is 0.355 e. The highest BCUT2D eigenvalue weighted by molar-refractivity contribution is 5.78. The van der Waals surface area contributed by atoms with Gasteiger partial charge < -0.3 is 11.1 Å². The molecule has 3 N–H and O–H groups in total. The maximum atomic E-state index is 13.0. The number of nitrogens with two attached hydrogens (primary N) is 1. The number of amides is 1. The van der Waals surface area contributed by atoms with E-state index in [2.05, 4.69) is 5.32 Å². The van der Waals surface area contributed by atoms with Gasteiger partial charge >= 0.3 is 0 Å². The first-order valence-corrected chi connectivity index (χ1v) is 6.81. The lowest BCUT2D eigenvalue weighted by atomic mass is 9.64. The third kappa shape index (κ3) is 2.95. The molecule has 1 atom stereocenters. The fourth-order valence-corrected chi connectivity index (χ4v) is 2.51. The van der Waals surface area contributed by atoms with Crippen molar-refractivity contribution in [3.63, 3.8) is 0 Å². The van der Waals surface area contributed by atoms with Crippen molar-refractivity contribution in [2.75, 3.05) is 13.1 Å². The number of hydrogen-bond acceptors (Lipinski definition) is 2. The SMILES string of the molecule is CC(CN)C(=O)NCC1(c2ccc(F)cc2)CCC1. The Balaban J connectivity index is 2.03. The second-order valence-electron chi connectivity index (χ2n) is 5.50. The molecule has 1 aromatic rings. The number of halogens is 1. The van der Waals surface area contributed by atoms with Crippen molar-refractivity contribution in [2.45, 2.75) is 31.6 Å². The minimum atomic E-state index is -0.223. The highest BCUT2D eigenvalue weighted by Crippen LogP contribution is 2.43. The number of carbonyl (C=O) groups is 1. The topological polar surface area (TPSA) is 55.1 Å². The maximum absolute atomic E-state index is 13.0. The first-order valence-electron chi connectivity index (χ1n) is 6.81. The maximum Gasteiger partial charge on any atom is 0.224 e. The van der Waals surface area contributed by atoms with Gasteiger partial charge in [-0.3, -0.25) is 4.79 Å². The van der Waals surface area contributed by atoms with Crippen molar-refractivity contribution < 1.29 is 9.18 Å². The Labute approximate surface area is 113 Å². The highest BCUT2D eigenvalue weighted by atomic mass is 19.1. The van der Waals surface area contributed by atoms with E-state index in [4.69, 9.17) is 5.73 Å². The van der Waals surface area contributed by atoms with Gasteiger partial charge in [0.05, 0.1) is 0 Å². The van der Waals surface area contributed by atoms with Gasteiger partial charge in [-0.05, 0) is 30.5 Å². The molecule has 1 unspecified atom stereocenters. The summed E-state index contributed by atoms with van der Waals surface area (Å²) in [5.74, 6) is -0.389. The number of rotatable bonds is 5. The molecule has 104 valence electrons. The molecular formula is C15H21FN2O. The van der Waals surface area contributed by atoms with Gasteiger partial charge in [0.25, 0.3) is 0 Å². The van der Waals surface area contributed by atoms with Crippen molar-refractivity contribution in [1.29, 1.82) is 0 Å². The van der Waals surface area contributed by atoms with E-state index in [1.807, 2.05) is 19.1 Å². The predicted molar refractivity (Wildman–Crippen MR) is 73.2 cm³/mol. The summed E-state index contributed by atoms with van der Waals surface area (Å²) in [6.07, 6.45) is 3.23. The Morgan fingerprint density at radius 1 is 1.42 bits per heavy atom. The molecule has 3 nitrogen and oxygen atoms in total. The summed E-state index contributed by atoms with van der Waals surface area (Å²) in [6, 6.07) is 6.62. The third-order valence-electron chi connectivity index (χ3n) is 4.17. The van der Waals surface area contributed by atoms with Crippen LogP contribution in [0, 0.1) is 11.7 Å². The molecule has 1 aromatic carbocycles. The van der Waals surface area contributed by atoms with Gasteiger partial charge in [-0.25, -0.2) is 4.39 Å². The van der Waals surface area contributed by atoms with Gasteiger partial charge in [-0.15, -0.1) is 0 Å². The third-order valence-corrected chi connectivity index (χ3v) is 4.17. The van der Waals surface area contributed by atoms with Crippen molar-refractivity contribution in [3.8, 4) is 0 Å². The molecule has 1 fully saturated rings. The van der Waals surface area contributed by atoms with E-state index in [1.165, 1.54) is 12.1 Å². The summed E-state index contributed by atoms with van der Waals surface area (Å²) >= 11 is 0. The summed E-state index contributed by atoms with van der Waals surface area (Å²) in [5.41, 5.74) is 6.58. The molecule has 0 bridgehead atoms. The zero-order valence-electron chi connectivity index (χ0n) is 11.3. The number of carbonyl (C=O) groups excluding carboxylic acids is 1. The van der Waals surface area contributed by atoms with Crippen LogP contribution in [0.1, 0.15) is 31.7 Å². The van der Waals surface area contributed by atoms with E-state index >= 15 is 0 Å². The lowest BCUT2D eigenvalue weighted by Crippen LogP contribution is -2.47. The lowest BCUT2D eigenvalue weighted by Gasteiger charge is -2.42. The Bertz CT molecular complexity index is 440. The number of nitrogens with one attached hydrogen (secondary N) is 1. The van der Waals surface area contributed by atoms with Crippen molar-refractivity contribution in [2.24, 2.45) is 11.7 Å². The van der Waals surface area contributed by atoms with E-state index in [9.17, 15) is 9.18 Å². The molecule has 0 heterocycles. The molecule has 1 aliphatic carbocycles.